The molecule has 2 atom stereocenters. The Bertz CT molecular complexity index is 614. The number of hydrogen-bond donors (Lipinski definition) is 3. The predicted molar refractivity (Wildman–Crippen MR) is 104 cm³/mol. The summed E-state index contributed by atoms with van der Waals surface area (Å²) in [6, 6.07) is 3.05. The highest BCUT2D eigenvalue weighted by Crippen LogP contribution is 2.29. The lowest BCUT2D eigenvalue weighted by Crippen LogP contribution is -2.55. The summed E-state index contributed by atoms with van der Waals surface area (Å²) in [7, 11) is 5.14. The SMILES string of the molecule is CNCCCN1CC[C@@H](NC(=O)c2cc(Cl)c(N)cc2OC)[C@@H](OC)C1. The number of nitrogens with zero attached hydrogens (tertiary/aromatic N) is 1. The van der Waals surface area contributed by atoms with Crippen LogP contribution in [-0.2, 0) is 4.74 Å². The summed E-state index contributed by atoms with van der Waals surface area (Å²) < 4.78 is 10.9. The van der Waals surface area contributed by atoms with Crippen LogP contribution in [0.15, 0.2) is 12.1 Å². The van der Waals surface area contributed by atoms with E-state index in [2.05, 4.69) is 15.5 Å². The number of nitrogens with one attached hydrogen (secondary N) is 2. The Morgan fingerprint density at radius 3 is 2.85 bits per heavy atom. The highest BCUT2D eigenvalue weighted by atomic mass is 35.5. The number of anilines is 1. The largest absolute Gasteiger partial charge is 0.496 e. The minimum absolute atomic E-state index is 0.0578. The standard InChI is InChI=1S/C18H29ClN4O3/c1-21-6-4-7-23-8-5-15(17(11-23)26-3)22-18(24)12-9-13(19)14(20)10-16(12)25-2/h9-10,15,17,21H,4-8,11,20H2,1-3H3,(H,22,24)/t15-,17+/m1/s1. The van der Waals surface area contributed by atoms with Crippen molar-refractivity contribution < 1.29 is 14.3 Å². The molecule has 8 heteroatoms. The molecule has 0 bridgehead atoms. The molecule has 0 aliphatic carbocycles. The number of carbonyl (C=O) groups is 1. The van der Waals surface area contributed by atoms with E-state index in [1.165, 1.54) is 7.11 Å². The van der Waals surface area contributed by atoms with Gasteiger partial charge in [0.1, 0.15) is 5.75 Å². The number of amides is 1. The van der Waals surface area contributed by atoms with Crippen molar-refractivity contribution in [1.29, 1.82) is 0 Å². The van der Waals surface area contributed by atoms with Gasteiger partial charge in [0, 0.05) is 26.3 Å². The number of likely N-dealkylation sites (tertiary alicyclic amines) is 1. The van der Waals surface area contributed by atoms with Crippen LogP contribution < -0.4 is 21.1 Å². The third kappa shape index (κ3) is 5.23. The van der Waals surface area contributed by atoms with E-state index < -0.39 is 0 Å². The second-order valence-electron chi connectivity index (χ2n) is 6.47. The van der Waals surface area contributed by atoms with Crippen molar-refractivity contribution in [3.63, 3.8) is 0 Å². The Kier molecular flexibility index (Phi) is 7.96. The van der Waals surface area contributed by atoms with Crippen molar-refractivity contribution in [2.45, 2.75) is 25.0 Å². The number of hydrogen-bond acceptors (Lipinski definition) is 6. The molecule has 1 amide bonds. The van der Waals surface area contributed by atoms with Crippen molar-refractivity contribution in [3.8, 4) is 5.75 Å². The summed E-state index contributed by atoms with van der Waals surface area (Å²) in [5.74, 6) is 0.169. The summed E-state index contributed by atoms with van der Waals surface area (Å²) in [5, 5.41) is 6.55. The number of nitrogens with two attached hydrogens (primary N) is 1. The molecule has 1 saturated heterocycles. The first-order chi connectivity index (χ1) is 12.5. The maximum absolute atomic E-state index is 12.7. The smallest absolute Gasteiger partial charge is 0.255 e. The molecular weight excluding hydrogens is 356 g/mol. The number of benzene rings is 1. The van der Waals surface area contributed by atoms with Gasteiger partial charge in [0.15, 0.2) is 0 Å². The number of ether oxygens (including phenoxy) is 2. The molecule has 26 heavy (non-hydrogen) atoms. The van der Waals surface area contributed by atoms with Crippen LogP contribution in [0, 0.1) is 0 Å². The average Bonchev–Trinajstić information content (AvgIpc) is 2.64. The molecule has 1 aliphatic heterocycles. The van der Waals surface area contributed by atoms with E-state index in [0.29, 0.717) is 22.0 Å². The Morgan fingerprint density at radius 1 is 1.42 bits per heavy atom. The van der Waals surface area contributed by atoms with Crippen LogP contribution in [0.4, 0.5) is 5.69 Å². The molecule has 0 radical (unpaired) electrons. The molecule has 1 aliphatic rings. The van der Waals surface area contributed by atoms with Crippen molar-refractivity contribution >= 4 is 23.2 Å². The fourth-order valence-corrected chi connectivity index (χ4v) is 3.39. The normalized spacial score (nSPS) is 20.8. The molecule has 0 aromatic heterocycles. The molecule has 1 fully saturated rings. The Hall–Kier alpha value is -1.54. The summed E-state index contributed by atoms with van der Waals surface area (Å²) in [4.78, 5) is 15.1. The van der Waals surface area contributed by atoms with Crippen LogP contribution in [0.5, 0.6) is 5.75 Å². The minimum atomic E-state index is -0.237. The van der Waals surface area contributed by atoms with Crippen LogP contribution in [-0.4, -0.2) is 70.4 Å². The minimum Gasteiger partial charge on any atom is -0.496 e. The number of methoxy groups -OCH3 is 2. The fourth-order valence-electron chi connectivity index (χ4n) is 3.23. The lowest BCUT2D eigenvalue weighted by Gasteiger charge is -2.38. The van der Waals surface area contributed by atoms with Crippen molar-refractivity contribution in [2.24, 2.45) is 0 Å². The molecule has 4 N–H and O–H groups in total. The van der Waals surface area contributed by atoms with Crippen molar-refractivity contribution in [2.75, 3.05) is 53.2 Å². The first kappa shape index (κ1) is 20.8. The number of halogens is 1. The summed E-state index contributed by atoms with van der Waals surface area (Å²) in [5.41, 5.74) is 6.54. The molecular formula is C18H29ClN4O3. The monoisotopic (exact) mass is 384 g/mol. The molecule has 7 nitrogen and oxygen atoms in total. The van der Waals surface area contributed by atoms with Crippen LogP contribution in [0.1, 0.15) is 23.2 Å². The van der Waals surface area contributed by atoms with Crippen LogP contribution >= 0.6 is 11.6 Å². The van der Waals surface area contributed by atoms with E-state index in [4.69, 9.17) is 26.8 Å². The van der Waals surface area contributed by atoms with Gasteiger partial charge in [0.2, 0.25) is 0 Å². The molecule has 0 unspecified atom stereocenters. The zero-order valence-corrected chi connectivity index (χ0v) is 16.4. The first-order valence-electron chi connectivity index (χ1n) is 8.83. The van der Waals surface area contributed by atoms with E-state index in [1.807, 2.05) is 7.05 Å². The predicted octanol–water partition coefficient (Wildman–Crippen LogP) is 1.36. The van der Waals surface area contributed by atoms with Crippen LogP contribution in [0.3, 0.4) is 0 Å². The summed E-state index contributed by atoms with van der Waals surface area (Å²) >= 11 is 6.07. The lowest BCUT2D eigenvalue weighted by molar-refractivity contribution is 0.00620. The van der Waals surface area contributed by atoms with E-state index in [-0.39, 0.29) is 18.1 Å². The van der Waals surface area contributed by atoms with Gasteiger partial charge in [-0.2, -0.15) is 0 Å². The Balaban J connectivity index is 2.01. The Labute approximate surface area is 160 Å². The van der Waals surface area contributed by atoms with Gasteiger partial charge in [-0.15, -0.1) is 0 Å². The molecule has 146 valence electrons. The first-order valence-corrected chi connectivity index (χ1v) is 9.21. The molecule has 1 heterocycles. The van der Waals surface area contributed by atoms with E-state index in [0.717, 1.165) is 39.0 Å². The number of rotatable bonds is 8. The summed E-state index contributed by atoms with van der Waals surface area (Å²) in [6.45, 7) is 3.73. The van der Waals surface area contributed by atoms with Gasteiger partial charge in [0.05, 0.1) is 35.5 Å². The fraction of sp³-hybridized carbons (Fsp3) is 0.611. The van der Waals surface area contributed by atoms with Gasteiger partial charge in [-0.25, -0.2) is 0 Å². The second kappa shape index (κ2) is 9.97. The molecule has 1 aromatic carbocycles. The van der Waals surface area contributed by atoms with Crippen LogP contribution in [0.25, 0.3) is 0 Å². The molecule has 0 saturated carbocycles. The lowest BCUT2D eigenvalue weighted by atomic mass is 10.0. The highest BCUT2D eigenvalue weighted by Gasteiger charge is 2.31. The molecule has 1 aromatic rings. The third-order valence-corrected chi connectivity index (χ3v) is 5.05. The van der Waals surface area contributed by atoms with Gasteiger partial charge in [-0.3, -0.25) is 4.79 Å². The van der Waals surface area contributed by atoms with E-state index in [1.54, 1.807) is 19.2 Å². The average molecular weight is 385 g/mol. The van der Waals surface area contributed by atoms with Gasteiger partial charge in [-0.1, -0.05) is 11.6 Å². The zero-order chi connectivity index (χ0) is 19.1. The number of carbonyl (C=O) groups excluding carboxylic acids is 1. The quantitative estimate of drug-likeness (QED) is 0.463. The van der Waals surface area contributed by atoms with Crippen LogP contribution in [0.2, 0.25) is 5.02 Å². The zero-order valence-electron chi connectivity index (χ0n) is 15.7. The molecule has 0 spiro atoms. The van der Waals surface area contributed by atoms with Gasteiger partial charge < -0.3 is 30.7 Å². The van der Waals surface area contributed by atoms with Crippen molar-refractivity contribution in [3.05, 3.63) is 22.7 Å². The van der Waals surface area contributed by atoms with Crippen molar-refractivity contribution in [1.82, 2.24) is 15.5 Å². The molecule has 2 rings (SSSR count). The van der Waals surface area contributed by atoms with E-state index in [9.17, 15) is 4.79 Å². The van der Waals surface area contributed by atoms with Gasteiger partial charge in [-0.05, 0) is 39.0 Å². The third-order valence-electron chi connectivity index (χ3n) is 4.73. The van der Waals surface area contributed by atoms with E-state index >= 15 is 0 Å². The second-order valence-corrected chi connectivity index (χ2v) is 6.88. The van der Waals surface area contributed by atoms with Gasteiger partial charge in [0.25, 0.3) is 5.91 Å². The van der Waals surface area contributed by atoms with Gasteiger partial charge >= 0.3 is 0 Å². The number of nitrogen functional groups attached to an aromatic ring is 1. The highest BCUT2D eigenvalue weighted by molar-refractivity contribution is 6.33. The summed E-state index contributed by atoms with van der Waals surface area (Å²) in [6.07, 6.45) is 1.86. The number of piperidine rings is 1. The Morgan fingerprint density at radius 2 is 2.19 bits per heavy atom. The maximum atomic E-state index is 12.7. The maximum Gasteiger partial charge on any atom is 0.255 e. The topological polar surface area (TPSA) is 88.9 Å².